The first-order valence-corrected chi connectivity index (χ1v) is 5.06. The Hall–Kier alpha value is -0.980. The lowest BCUT2D eigenvalue weighted by atomic mass is 9.97. The van der Waals surface area contributed by atoms with Gasteiger partial charge in [-0.15, -0.1) is 0 Å². The van der Waals surface area contributed by atoms with Gasteiger partial charge >= 0.3 is 0 Å². The molecule has 1 aromatic rings. The molecule has 2 N–H and O–H groups in total. The average molecular weight is 177 g/mol. The SMILES string of the molecule is CCCC(C)Cc1ccc(N)cc1. The van der Waals surface area contributed by atoms with Crippen molar-refractivity contribution in [3.63, 3.8) is 0 Å². The van der Waals surface area contributed by atoms with Crippen LogP contribution in [-0.2, 0) is 6.42 Å². The second kappa shape index (κ2) is 4.90. The average Bonchev–Trinajstić information content (AvgIpc) is 2.09. The van der Waals surface area contributed by atoms with Gasteiger partial charge in [0.1, 0.15) is 0 Å². The number of hydrogen-bond donors (Lipinski definition) is 1. The summed E-state index contributed by atoms with van der Waals surface area (Å²) in [6.45, 7) is 4.54. The van der Waals surface area contributed by atoms with Crippen molar-refractivity contribution in [2.75, 3.05) is 5.73 Å². The topological polar surface area (TPSA) is 26.0 Å². The molecule has 72 valence electrons. The maximum Gasteiger partial charge on any atom is 0.0314 e. The molecule has 0 aliphatic heterocycles. The minimum absolute atomic E-state index is 0.786. The van der Waals surface area contributed by atoms with E-state index in [0.717, 1.165) is 11.6 Å². The molecule has 1 unspecified atom stereocenters. The molecule has 0 amide bonds. The Balaban J connectivity index is 2.49. The van der Waals surface area contributed by atoms with Gasteiger partial charge < -0.3 is 5.73 Å². The van der Waals surface area contributed by atoms with Crippen molar-refractivity contribution < 1.29 is 0 Å². The molecule has 0 spiro atoms. The first-order chi connectivity index (χ1) is 6.22. The van der Waals surface area contributed by atoms with E-state index in [1.165, 1.54) is 24.8 Å². The van der Waals surface area contributed by atoms with Crippen LogP contribution >= 0.6 is 0 Å². The van der Waals surface area contributed by atoms with Gasteiger partial charge in [-0.3, -0.25) is 0 Å². The van der Waals surface area contributed by atoms with Crippen molar-refractivity contribution in [2.45, 2.75) is 33.1 Å². The van der Waals surface area contributed by atoms with E-state index in [0.29, 0.717) is 0 Å². The van der Waals surface area contributed by atoms with Crippen LogP contribution in [0.4, 0.5) is 5.69 Å². The van der Waals surface area contributed by atoms with Gasteiger partial charge in [-0.05, 0) is 30.0 Å². The van der Waals surface area contributed by atoms with Crippen molar-refractivity contribution in [1.82, 2.24) is 0 Å². The molecule has 1 atom stereocenters. The van der Waals surface area contributed by atoms with E-state index in [9.17, 15) is 0 Å². The summed E-state index contributed by atoms with van der Waals surface area (Å²) in [7, 11) is 0. The number of rotatable bonds is 4. The van der Waals surface area contributed by atoms with Gasteiger partial charge in [0.2, 0.25) is 0 Å². The molecule has 0 aliphatic rings. The lowest BCUT2D eigenvalue weighted by molar-refractivity contribution is 0.522. The van der Waals surface area contributed by atoms with Crippen molar-refractivity contribution in [2.24, 2.45) is 5.92 Å². The zero-order valence-electron chi connectivity index (χ0n) is 8.59. The molecule has 0 fully saturated rings. The minimum Gasteiger partial charge on any atom is -0.399 e. The summed E-state index contributed by atoms with van der Waals surface area (Å²) in [4.78, 5) is 0. The fourth-order valence-electron chi connectivity index (χ4n) is 1.65. The van der Waals surface area contributed by atoms with Crippen LogP contribution < -0.4 is 5.73 Å². The van der Waals surface area contributed by atoms with Crippen LogP contribution in [0.5, 0.6) is 0 Å². The van der Waals surface area contributed by atoms with Crippen molar-refractivity contribution >= 4 is 5.69 Å². The molecule has 1 heteroatoms. The largest absolute Gasteiger partial charge is 0.399 e. The second-order valence-corrected chi connectivity index (χ2v) is 3.84. The molecule has 1 nitrogen and oxygen atoms in total. The Morgan fingerprint density at radius 1 is 1.23 bits per heavy atom. The number of benzene rings is 1. The molecule has 0 heterocycles. The summed E-state index contributed by atoms with van der Waals surface area (Å²) >= 11 is 0. The van der Waals surface area contributed by atoms with Crippen LogP contribution in [0.3, 0.4) is 0 Å². The lowest BCUT2D eigenvalue weighted by Gasteiger charge is -2.09. The summed E-state index contributed by atoms with van der Waals surface area (Å²) in [6, 6.07) is 8.21. The maximum atomic E-state index is 5.62. The third-order valence-electron chi connectivity index (χ3n) is 2.35. The van der Waals surface area contributed by atoms with Gasteiger partial charge in [0, 0.05) is 5.69 Å². The predicted molar refractivity (Wildman–Crippen MR) is 58.6 cm³/mol. The van der Waals surface area contributed by atoms with E-state index in [4.69, 9.17) is 5.73 Å². The first-order valence-electron chi connectivity index (χ1n) is 5.06. The smallest absolute Gasteiger partial charge is 0.0314 e. The highest BCUT2D eigenvalue weighted by Crippen LogP contribution is 2.14. The monoisotopic (exact) mass is 177 g/mol. The fourth-order valence-corrected chi connectivity index (χ4v) is 1.65. The molecular formula is C12H19N. The van der Waals surface area contributed by atoms with Gasteiger partial charge in [0.25, 0.3) is 0 Å². The van der Waals surface area contributed by atoms with Crippen LogP contribution in [0.1, 0.15) is 32.3 Å². The van der Waals surface area contributed by atoms with Gasteiger partial charge in [-0.1, -0.05) is 38.8 Å². The molecule has 0 saturated heterocycles. The van der Waals surface area contributed by atoms with Crippen LogP contribution in [0, 0.1) is 5.92 Å². The van der Waals surface area contributed by atoms with Gasteiger partial charge in [-0.2, -0.15) is 0 Å². The third kappa shape index (κ3) is 3.49. The first kappa shape index (κ1) is 10.1. The summed E-state index contributed by atoms with van der Waals surface area (Å²) < 4.78 is 0. The number of nitrogens with two attached hydrogens (primary N) is 1. The molecular weight excluding hydrogens is 158 g/mol. The standard InChI is InChI=1S/C12H19N/c1-3-4-10(2)9-11-5-7-12(13)8-6-11/h5-8,10H,3-4,9,13H2,1-2H3. The maximum absolute atomic E-state index is 5.62. The van der Waals surface area contributed by atoms with Gasteiger partial charge in [0.15, 0.2) is 0 Å². The quantitative estimate of drug-likeness (QED) is 0.702. The van der Waals surface area contributed by atoms with E-state index < -0.39 is 0 Å². The number of nitrogen functional groups attached to an aromatic ring is 1. The van der Waals surface area contributed by atoms with Crippen molar-refractivity contribution in [3.8, 4) is 0 Å². The highest BCUT2D eigenvalue weighted by Gasteiger charge is 2.01. The van der Waals surface area contributed by atoms with E-state index in [1.807, 2.05) is 12.1 Å². The van der Waals surface area contributed by atoms with Crippen LogP contribution in [0.25, 0.3) is 0 Å². The Labute approximate surface area is 81.0 Å². The van der Waals surface area contributed by atoms with Crippen molar-refractivity contribution in [1.29, 1.82) is 0 Å². The van der Waals surface area contributed by atoms with Crippen LogP contribution in [0.2, 0.25) is 0 Å². The highest BCUT2D eigenvalue weighted by molar-refractivity contribution is 5.39. The third-order valence-corrected chi connectivity index (χ3v) is 2.35. The summed E-state index contributed by atoms with van der Waals surface area (Å²) in [5.74, 6) is 0.786. The predicted octanol–water partition coefficient (Wildman–Crippen LogP) is 3.25. The molecule has 0 aliphatic carbocycles. The molecule has 0 aromatic heterocycles. The zero-order valence-corrected chi connectivity index (χ0v) is 8.59. The van der Waals surface area contributed by atoms with Gasteiger partial charge in [-0.25, -0.2) is 0 Å². The fraction of sp³-hybridized carbons (Fsp3) is 0.500. The number of hydrogen-bond acceptors (Lipinski definition) is 1. The molecule has 13 heavy (non-hydrogen) atoms. The summed E-state index contributed by atoms with van der Waals surface area (Å²) in [5.41, 5.74) is 7.87. The second-order valence-electron chi connectivity index (χ2n) is 3.84. The van der Waals surface area contributed by atoms with E-state index >= 15 is 0 Å². The molecule has 1 aromatic carbocycles. The minimum atomic E-state index is 0.786. The molecule has 1 rings (SSSR count). The molecule has 0 bridgehead atoms. The summed E-state index contributed by atoms with van der Waals surface area (Å²) in [5, 5.41) is 0. The lowest BCUT2D eigenvalue weighted by Crippen LogP contribution is -1.99. The molecule has 0 saturated carbocycles. The van der Waals surface area contributed by atoms with Crippen LogP contribution in [0.15, 0.2) is 24.3 Å². The number of anilines is 1. The Bertz CT molecular complexity index is 238. The Morgan fingerprint density at radius 3 is 2.38 bits per heavy atom. The van der Waals surface area contributed by atoms with E-state index in [2.05, 4.69) is 26.0 Å². The molecule has 0 radical (unpaired) electrons. The Kier molecular flexibility index (Phi) is 3.81. The normalized spacial score (nSPS) is 12.8. The zero-order chi connectivity index (χ0) is 9.68. The van der Waals surface area contributed by atoms with Crippen LogP contribution in [-0.4, -0.2) is 0 Å². The Morgan fingerprint density at radius 2 is 1.85 bits per heavy atom. The van der Waals surface area contributed by atoms with E-state index in [-0.39, 0.29) is 0 Å². The highest BCUT2D eigenvalue weighted by atomic mass is 14.5. The summed E-state index contributed by atoms with van der Waals surface area (Å²) in [6.07, 6.45) is 3.76. The van der Waals surface area contributed by atoms with Gasteiger partial charge in [0.05, 0.1) is 0 Å². The van der Waals surface area contributed by atoms with Crippen molar-refractivity contribution in [3.05, 3.63) is 29.8 Å². The van der Waals surface area contributed by atoms with E-state index in [1.54, 1.807) is 0 Å².